The number of imide groups is 1. The highest BCUT2D eigenvalue weighted by Crippen LogP contribution is 2.21. The van der Waals surface area contributed by atoms with E-state index in [9.17, 15) is 14.4 Å². The molecule has 0 aromatic rings. The molecule has 0 radical (unpaired) electrons. The molecular weight excluding hydrogens is 246 g/mol. The lowest BCUT2D eigenvalue weighted by Crippen LogP contribution is -2.56. The zero-order valence-corrected chi connectivity index (χ0v) is 12.4. The Morgan fingerprint density at radius 3 is 2.11 bits per heavy atom. The van der Waals surface area contributed by atoms with Gasteiger partial charge < -0.3 is 11.1 Å². The van der Waals surface area contributed by atoms with Crippen molar-refractivity contribution in [2.45, 2.75) is 53.5 Å². The minimum atomic E-state index is -0.780. The number of carbonyl (C=O) groups excluding carboxylic acids is 3. The van der Waals surface area contributed by atoms with Crippen LogP contribution in [0.3, 0.4) is 0 Å². The molecule has 0 rings (SSSR count). The molecule has 1 unspecified atom stereocenters. The van der Waals surface area contributed by atoms with Crippen LogP contribution in [0.25, 0.3) is 0 Å². The average molecular weight is 271 g/mol. The topological polar surface area (TPSA) is 92.5 Å². The maximum Gasteiger partial charge on any atom is 0.321 e. The normalized spacial score (nSPS) is 12.7. The van der Waals surface area contributed by atoms with Crippen molar-refractivity contribution in [2.24, 2.45) is 11.1 Å². The van der Waals surface area contributed by atoms with Gasteiger partial charge in [-0.05, 0) is 11.8 Å². The van der Waals surface area contributed by atoms with Crippen LogP contribution >= 0.6 is 0 Å². The van der Waals surface area contributed by atoms with Gasteiger partial charge in [0.05, 0.1) is 0 Å². The Balaban J connectivity index is 5.12. The first-order valence-corrected chi connectivity index (χ1v) is 6.49. The standard InChI is InChI=1S/C13H25N3O3/c1-6-7-8-16(12(14)19)11(18)10(13(3,4)5)15-9(2)17/h10H,6-8H2,1-5H3,(H2,14,19)(H,15,17). The van der Waals surface area contributed by atoms with Crippen LogP contribution in [0, 0.1) is 5.41 Å². The van der Waals surface area contributed by atoms with Gasteiger partial charge >= 0.3 is 6.03 Å². The van der Waals surface area contributed by atoms with E-state index in [2.05, 4.69) is 5.32 Å². The van der Waals surface area contributed by atoms with Gasteiger partial charge in [0.15, 0.2) is 0 Å². The van der Waals surface area contributed by atoms with Crippen molar-refractivity contribution in [3.05, 3.63) is 0 Å². The Bertz CT molecular complexity index is 348. The van der Waals surface area contributed by atoms with E-state index in [4.69, 9.17) is 5.73 Å². The number of carbonyl (C=O) groups is 3. The van der Waals surface area contributed by atoms with E-state index >= 15 is 0 Å². The number of hydrogen-bond acceptors (Lipinski definition) is 3. The van der Waals surface area contributed by atoms with Gasteiger partial charge in [-0.25, -0.2) is 4.79 Å². The van der Waals surface area contributed by atoms with Crippen LogP contribution in [0.5, 0.6) is 0 Å². The molecule has 0 aromatic heterocycles. The van der Waals surface area contributed by atoms with E-state index in [1.54, 1.807) is 0 Å². The summed E-state index contributed by atoms with van der Waals surface area (Å²) in [7, 11) is 0. The van der Waals surface area contributed by atoms with Gasteiger partial charge in [0.25, 0.3) is 5.91 Å². The van der Waals surface area contributed by atoms with Gasteiger partial charge in [-0.15, -0.1) is 0 Å². The molecule has 0 fully saturated rings. The molecular formula is C13H25N3O3. The summed E-state index contributed by atoms with van der Waals surface area (Å²) in [5, 5.41) is 2.59. The number of primary amides is 1. The molecule has 1 atom stereocenters. The van der Waals surface area contributed by atoms with E-state index < -0.39 is 23.4 Å². The van der Waals surface area contributed by atoms with Crippen LogP contribution in [-0.2, 0) is 9.59 Å². The fourth-order valence-corrected chi connectivity index (χ4v) is 1.65. The fourth-order valence-electron chi connectivity index (χ4n) is 1.65. The highest BCUT2D eigenvalue weighted by Gasteiger charge is 2.36. The summed E-state index contributed by atoms with van der Waals surface area (Å²) in [6.45, 7) is 9.04. The second kappa shape index (κ2) is 7.11. The molecule has 0 aliphatic heterocycles. The number of unbranched alkanes of at least 4 members (excludes halogenated alkanes) is 1. The van der Waals surface area contributed by atoms with Gasteiger partial charge in [0.2, 0.25) is 5.91 Å². The summed E-state index contributed by atoms with van der Waals surface area (Å²) in [5.74, 6) is -0.767. The van der Waals surface area contributed by atoms with Crippen molar-refractivity contribution < 1.29 is 14.4 Å². The number of rotatable bonds is 5. The quantitative estimate of drug-likeness (QED) is 0.788. The number of amides is 4. The molecule has 0 aromatic carbocycles. The summed E-state index contributed by atoms with van der Waals surface area (Å²) >= 11 is 0. The van der Waals surface area contributed by atoms with Crippen LogP contribution in [-0.4, -0.2) is 35.3 Å². The maximum atomic E-state index is 12.4. The third kappa shape index (κ3) is 5.72. The summed E-state index contributed by atoms with van der Waals surface area (Å²) in [5.41, 5.74) is 4.75. The van der Waals surface area contributed by atoms with Crippen LogP contribution in [0.2, 0.25) is 0 Å². The highest BCUT2D eigenvalue weighted by molar-refractivity contribution is 5.98. The minimum absolute atomic E-state index is 0.275. The SMILES string of the molecule is CCCCN(C(N)=O)C(=O)C(NC(C)=O)C(C)(C)C. The third-order valence-electron chi connectivity index (χ3n) is 2.73. The molecule has 4 amide bonds. The zero-order chi connectivity index (χ0) is 15.2. The third-order valence-corrected chi connectivity index (χ3v) is 2.73. The largest absolute Gasteiger partial charge is 0.351 e. The molecule has 0 bridgehead atoms. The van der Waals surface area contributed by atoms with E-state index in [0.29, 0.717) is 6.42 Å². The number of nitrogens with two attached hydrogens (primary N) is 1. The Hall–Kier alpha value is -1.59. The summed E-state index contributed by atoms with van der Waals surface area (Å²) in [4.78, 5) is 36.0. The smallest absolute Gasteiger partial charge is 0.321 e. The van der Waals surface area contributed by atoms with Gasteiger partial charge in [-0.1, -0.05) is 34.1 Å². The van der Waals surface area contributed by atoms with Crippen molar-refractivity contribution >= 4 is 17.8 Å². The van der Waals surface area contributed by atoms with E-state index in [1.165, 1.54) is 6.92 Å². The average Bonchev–Trinajstić information content (AvgIpc) is 2.23. The number of hydrogen-bond donors (Lipinski definition) is 2. The van der Waals surface area contributed by atoms with Crippen LogP contribution in [0.1, 0.15) is 47.5 Å². The van der Waals surface area contributed by atoms with E-state index in [-0.39, 0.29) is 12.5 Å². The van der Waals surface area contributed by atoms with Gasteiger partial charge in [0.1, 0.15) is 6.04 Å². The first-order chi connectivity index (χ1) is 8.61. The van der Waals surface area contributed by atoms with Crippen molar-refractivity contribution in [3.63, 3.8) is 0 Å². The first kappa shape index (κ1) is 17.4. The highest BCUT2D eigenvalue weighted by atomic mass is 16.2. The molecule has 0 saturated heterocycles. The lowest BCUT2D eigenvalue weighted by Gasteiger charge is -2.33. The molecule has 6 nitrogen and oxygen atoms in total. The van der Waals surface area contributed by atoms with E-state index in [1.807, 2.05) is 27.7 Å². The molecule has 19 heavy (non-hydrogen) atoms. The fraction of sp³-hybridized carbons (Fsp3) is 0.769. The summed E-state index contributed by atoms with van der Waals surface area (Å²) in [6, 6.07) is -1.55. The molecule has 0 heterocycles. The molecule has 0 aliphatic carbocycles. The molecule has 0 aliphatic rings. The summed E-state index contributed by atoms with van der Waals surface area (Å²) < 4.78 is 0. The predicted octanol–water partition coefficient (Wildman–Crippen LogP) is 1.24. The van der Waals surface area contributed by atoms with Gasteiger partial charge in [0, 0.05) is 13.5 Å². The van der Waals surface area contributed by atoms with Crippen molar-refractivity contribution in [2.75, 3.05) is 6.54 Å². The Morgan fingerprint density at radius 1 is 1.26 bits per heavy atom. The maximum absolute atomic E-state index is 12.4. The Morgan fingerprint density at radius 2 is 1.79 bits per heavy atom. The monoisotopic (exact) mass is 271 g/mol. The van der Waals surface area contributed by atoms with Crippen LogP contribution in [0.15, 0.2) is 0 Å². The molecule has 6 heteroatoms. The molecule has 0 saturated carbocycles. The second-order valence-corrected chi connectivity index (χ2v) is 5.68. The van der Waals surface area contributed by atoms with Crippen LogP contribution in [0.4, 0.5) is 4.79 Å². The molecule has 0 spiro atoms. The van der Waals surface area contributed by atoms with Gasteiger partial charge in [-0.2, -0.15) is 0 Å². The summed E-state index contributed by atoms with van der Waals surface area (Å²) in [6.07, 6.45) is 1.53. The van der Waals surface area contributed by atoms with Gasteiger partial charge in [-0.3, -0.25) is 14.5 Å². The lowest BCUT2D eigenvalue weighted by molar-refractivity contribution is -0.136. The predicted molar refractivity (Wildman–Crippen MR) is 73.3 cm³/mol. The molecule has 3 N–H and O–H groups in total. The van der Waals surface area contributed by atoms with Crippen molar-refractivity contribution in [3.8, 4) is 0 Å². The van der Waals surface area contributed by atoms with Crippen LogP contribution < -0.4 is 11.1 Å². The van der Waals surface area contributed by atoms with Crippen molar-refractivity contribution in [1.29, 1.82) is 0 Å². The minimum Gasteiger partial charge on any atom is -0.351 e. The Labute approximate surface area is 114 Å². The van der Waals surface area contributed by atoms with Crippen molar-refractivity contribution in [1.82, 2.24) is 10.2 Å². The van der Waals surface area contributed by atoms with E-state index in [0.717, 1.165) is 11.3 Å². The molecule has 110 valence electrons. The number of nitrogens with one attached hydrogen (secondary N) is 1. The lowest BCUT2D eigenvalue weighted by atomic mass is 9.85. The number of nitrogens with zero attached hydrogens (tertiary/aromatic N) is 1. The number of urea groups is 1. The zero-order valence-electron chi connectivity index (χ0n) is 12.4. The first-order valence-electron chi connectivity index (χ1n) is 6.49. The second-order valence-electron chi connectivity index (χ2n) is 5.68. The Kier molecular flexibility index (Phi) is 6.52.